The minimum atomic E-state index is -0.987. The summed E-state index contributed by atoms with van der Waals surface area (Å²) in [5, 5.41) is 29.8. The average Bonchev–Trinajstić information content (AvgIpc) is 2.29. The maximum absolute atomic E-state index is 10.6. The van der Waals surface area contributed by atoms with Crippen LogP contribution in [-0.4, -0.2) is 40.0 Å². The van der Waals surface area contributed by atoms with E-state index in [9.17, 15) is 4.79 Å². The van der Waals surface area contributed by atoms with E-state index in [2.05, 4.69) is 5.32 Å². The first-order chi connectivity index (χ1) is 7.50. The fraction of sp³-hybridized carbons (Fsp3) is 0.364. The predicted octanol–water partition coefficient (Wildman–Crippen LogP) is 0.540. The summed E-state index contributed by atoms with van der Waals surface area (Å²) in [6.07, 6.45) is 0. The number of hydrogen-bond donors (Lipinski definition) is 4. The van der Waals surface area contributed by atoms with Gasteiger partial charge in [0.05, 0.1) is 24.3 Å². The molecule has 0 radical (unpaired) electrons. The van der Waals surface area contributed by atoms with Crippen molar-refractivity contribution in [3.05, 3.63) is 29.8 Å². The SMILES string of the molecule is CC(CO)(CO)Nc1ccc(C(=O)O)cc1. The van der Waals surface area contributed by atoms with E-state index >= 15 is 0 Å². The van der Waals surface area contributed by atoms with Crippen molar-refractivity contribution in [2.45, 2.75) is 12.5 Å². The van der Waals surface area contributed by atoms with Crippen molar-refractivity contribution in [1.29, 1.82) is 0 Å². The minimum Gasteiger partial charge on any atom is -0.478 e. The van der Waals surface area contributed by atoms with Crippen LogP contribution in [0.25, 0.3) is 0 Å². The second-order valence-electron chi connectivity index (χ2n) is 3.88. The highest BCUT2D eigenvalue weighted by molar-refractivity contribution is 5.88. The lowest BCUT2D eigenvalue weighted by atomic mass is 10.0. The van der Waals surface area contributed by atoms with E-state index in [1.807, 2.05) is 0 Å². The topological polar surface area (TPSA) is 89.8 Å². The maximum atomic E-state index is 10.6. The number of aliphatic hydroxyl groups excluding tert-OH is 2. The van der Waals surface area contributed by atoms with Crippen LogP contribution >= 0.6 is 0 Å². The number of anilines is 1. The maximum Gasteiger partial charge on any atom is 0.335 e. The Labute approximate surface area is 93.4 Å². The van der Waals surface area contributed by atoms with Gasteiger partial charge in [-0.1, -0.05) is 0 Å². The Morgan fingerprint density at radius 2 is 1.75 bits per heavy atom. The van der Waals surface area contributed by atoms with Crippen LogP contribution in [0.5, 0.6) is 0 Å². The largest absolute Gasteiger partial charge is 0.478 e. The summed E-state index contributed by atoms with van der Waals surface area (Å²) < 4.78 is 0. The van der Waals surface area contributed by atoms with Gasteiger partial charge in [0, 0.05) is 5.69 Å². The highest BCUT2D eigenvalue weighted by Crippen LogP contribution is 2.15. The highest BCUT2D eigenvalue weighted by atomic mass is 16.4. The predicted molar refractivity (Wildman–Crippen MR) is 59.6 cm³/mol. The van der Waals surface area contributed by atoms with Crippen molar-refractivity contribution >= 4 is 11.7 Å². The fourth-order valence-electron chi connectivity index (χ4n) is 1.17. The van der Waals surface area contributed by atoms with Crippen LogP contribution in [0.1, 0.15) is 17.3 Å². The summed E-state index contributed by atoms with van der Waals surface area (Å²) in [5.74, 6) is -0.987. The first-order valence-electron chi connectivity index (χ1n) is 4.84. The van der Waals surface area contributed by atoms with Gasteiger partial charge in [-0.25, -0.2) is 4.79 Å². The molecule has 0 aromatic heterocycles. The number of carboxylic acids is 1. The zero-order chi connectivity index (χ0) is 12.2. The molecule has 0 unspecified atom stereocenters. The molecule has 0 heterocycles. The molecule has 0 aliphatic rings. The van der Waals surface area contributed by atoms with E-state index in [1.54, 1.807) is 19.1 Å². The fourth-order valence-corrected chi connectivity index (χ4v) is 1.17. The van der Waals surface area contributed by atoms with E-state index in [-0.39, 0.29) is 18.8 Å². The second-order valence-corrected chi connectivity index (χ2v) is 3.88. The molecular weight excluding hydrogens is 210 g/mol. The van der Waals surface area contributed by atoms with Gasteiger partial charge in [0.15, 0.2) is 0 Å². The summed E-state index contributed by atoms with van der Waals surface area (Å²) in [6.45, 7) is 1.23. The van der Waals surface area contributed by atoms with Crippen molar-refractivity contribution in [1.82, 2.24) is 0 Å². The normalized spacial score (nSPS) is 11.2. The van der Waals surface area contributed by atoms with Gasteiger partial charge >= 0.3 is 5.97 Å². The molecule has 0 saturated heterocycles. The van der Waals surface area contributed by atoms with E-state index in [0.717, 1.165) is 0 Å². The third kappa shape index (κ3) is 2.95. The molecule has 88 valence electrons. The molecule has 16 heavy (non-hydrogen) atoms. The number of nitrogens with one attached hydrogen (secondary N) is 1. The van der Waals surface area contributed by atoms with Crippen LogP contribution in [0.15, 0.2) is 24.3 Å². The molecule has 0 bridgehead atoms. The van der Waals surface area contributed by atoms with Crippen molar-refractivity contribution in [3.63, 3.8) is 0 Å². The van der Waals surface area contributed by atoms with Gasteiger partial charge in [-0.05, 0) is 31.2 Å². The molecule has 4 N–H and O–H groups in total. The zero-order valence-corrected chi connectivity index (χ0v) is 8.97. The van der Waals surface area contributed by atoms with Crippen molar-refractivity contribution < 1.29 is 20.1 Å². The Balaban J connectivity index is 2.79. The molecule has 1 rings (SSSR count). The Bertz CT molecular complexity index is 357. The minimum absolute atomic E-state index is 0.195. The molecule has 1 aromatic rings. The third-order valence-electron chi connectivity index (χ3n) is 2.28. The van der Waals surface area contributed by atoms with Crippen LogP contribution in [0.2, 0.25) is 0 Å². The van der Waals surface area contributed by atoms with E-state index in [4.69, 9.17) is 15.3 Å². The number of carboxylic acid groups (broad SMARTS) is 1. The zero-order valence-electron chi connectivity index (χ0n) is 8.97. The molecule has 0 fully saturated rings. The van der Waals surface area contributed by atoms with E-state index in [1.165, 1.54) is 12.1 Å². The Morgan fingerprint density at radius 1 is 1.25 bits per heavy atom. The smallest absolute Gasteiger partial charge is 0.335 e. The van der Waals surface area contributed by atoms with Gasteiger partial charge in [-0.2, -0.15) is 0 Å². The number of aliphatic hydroxyl groups is 2. The lowest BCUT2D eigenvalue weighted by Gasteiger charge is -2.27. The van der Waals surface area contributed by atoms with E-state index < -0.39 is 11.5 Å². The van der Waals surface area contributed by atoms with Gasteiger partial charge in [0.25, 0.3) is 0 Å². The number of rotatable bonds is 5. The molecule has 1 aromatic carbocycles. The van der Waals surface area contributed by atoms with Gasteiger partial charge in [0.1, 0.15) is 0 Å². The molecule has 5 heteroatoms. The molecule has 5 nitrogen and oxygen atoms in total. The lowest BCUT2D eigenvalue weighted by Crippen LogP contribution is -2.42. The molecule has 0 atom stereocenters. The Hall–Kier alpha value is -1.59. The lowest BCUT2D eigenvalue weighted by molar-refractivity contribution is 0.0697. The summed E-state index contributed by atoms with van der Waals surface area (Å²) >= 11 is 0. The standard InChI is InChI=1S/C11H15NO4/c1-11(6-13,7-14)12-9-4-2-8(3-5-9)10(15)16/h2-5,12-14H,6-7H2,1H3,(H,15,16). The first kappa shape index (κ1) is 12.5. The average molecular weight is 225 g/mol. The monoisotopic (exact) mass is 225 g/mol. The highest BCUT2D eigenvalue weighted by Gasteiger charge is 2.21. The quantitative estimate of drug-likeness (QED) is 0.587. The van der Waals surface area contributed by atoms with Gasteiger partial charge < -0.3 is 20.6 Å². The Kier molecular flexibility index (Phi) is 3.87. The van der Waals surface area contributed by atoms with Crippen molar-refractivity contribution in [2.24, 2.45) is 0 Å². The number of hydrogen-bond acceptors (Lipinski definition) is 4. The molecule has 0 amide bonds. The Morgan fingerprint density at radius 3 is 2.12 bits per heavy atom. The van der Waals surface area contributed by atoms with Crippen molar-refractivity contribution in [3.8, 4) is 0 Å². The molecule has 0 aliphatic carbocycles. The summed E-state index contributed by atoms with van der Waals surface area (Å²) in [5.41, 5.74) is 0.0286. The molecule has 0 aliphatic heterocycles. The molecular formula is C11H15NO4. The van der Waals surface area contributed by atoms with Crippen LogP contribution in [0, 0.1) is 0 Å². The number of benzene rings is 1. The van der Waals surface area contributed by atoms with Gasteiger partial charge in [-0.3, -0.25) is 0 Å². The molecule has 0 spiro atoms. The van der Waals surface area contributed by atoms with Gasteiger partial charge in [-0.15, -0.1) is 0 Å². The first-order valence-corrected chi connectivity index (χ1v) is 4.84. The van der Waals surface area contributed by atoms with Crippen LogP contribution in [0.3, 0.4) is 0 Å². The van der Waals surface area contributed by atoms with Crippen LogP contribution in [-0.2, 0) is 0 Å². The second kappa shape index (κ2) is 4.96. The van der Waals surface area contributed by atoms with E-state index in [0.29, 0.717) is 5.69 Å². The third-order valence-corrected chi connectivity index (χ3v) is 2.28. The summed E-state index contributed by atoms with van der Waals surface area (Å²) in [4.78, 5) is 10.6. The number of carbonyl (C=O) groups is 1. The van der Waals surface area contributed by atoms with Crippen LogP contribution < -0.4 is 5.32 Å². The summed E-state index contributed by atoms with van der Waals surface area (Å²) in [6, 6.07) is 6.10. The summed E-state index contributed by atoms with van der Waals surface area (Å²) in [7, 11) is 0. The van der Waals surface area contributed by atoms with Crippen LogP contribution in [0.4, 0.5) is 5.69 Å². The molecule has 0 saturated carbocycles. The number of aromatic carboxylic acids is 1. The van der Waals surface area contributed by atoms with Gasteiger partial charge in [0.2, 0.25) is 0 Å². The van der Waals surface area contributed by atoms with Crippen molar-refractivity contribution in [2.75, 3.05) is 18.5 Å².